The van der Waals surface area contributed by atoms with Crippen LogP contribution in [0.4, 0.5) is 11.4 Å². The number of hydrogen-bond acceptors (Lipinski definition) is 5. The topological polar surface area (TPSA) is 73.9 Å². The molecule has 1 fully saturated rings. The normalized spacial score (nSPS) is 16.8. The Kier molecular flexibility index (Phi) is 7.40. The number of piperidine rings is 1. The molecule has 176 valence electrons. The average molecular weight is 471 g/mol. The first-order valence-electron chi connectivity index (χ1n) is 11.5. The molecular weight excluding hydrogens is 440 g/mol. The highest BCUT2D eigenvalue weighted by atomic mass is 35.5. The molecule has 7 nitrogen and oxygen atoms in total. The van der Waals surface area contributed by atoms with Gasteiger partial charge in [-0.05, 0) is 67.7 Å². The lowest BCUT2D eigenvalue weighted by molar-refractivity contribution is -0.136. The van der Waals surface area contributed by atoms with E-state index in [-0.39, 0.29) is 6.04 Å². The van der Waals surface area contributed by atoms with Crippen molar-refractivity contribution in [2.24, 2.45) is 0 Å². The lowest BCUT2D eigenvalue weighted by atomic mass is 9.98. The molecule has 2 heterocycles. The van der Waals surface area contributed by atoms with Gasteiger partial charge in [-0.15, -0.1) is 0 Å². The molecule has 0 aromatic heterocycles. The van der Waals surface area contributed by atoms with Crippen LogP contribution in [0.15, 0.2) is 36.4 Å². The van der Waals surface area contributed by atoms with Gasteiger partial charge in [0.25, 0.3) is 0 Å². The van der Waals surface area contributed by atoms with Gasteiger partial charge in [-0.1, -0.05) is 30.2 Å². The molecule has 0 radical (unpaired) electrons. The fourth-order valence-electron chi connectivity index (χ4n) is 4.71. The number of carbonyl (C=O) groups is 2. The summed E-state index contributed by atoms with van der Waals surface area (Å²) in [5, 5.41) is 5.90. The van der Waals surface area contributed by atoms with Crippen LogP contribution < -0.4 is 20.3 Å². The minimum Gasteiger partial charge on any atom is -0.495 e. The lowest BCUT2D eigenvalue weighted by Gasteiger charge is -2.35. The molecular formula is C25H31ClN4O3. The second-order valence-electron chi connectivity index (χ2n) is 8.68. The fourth-order valence-corrected chi connectivity index (χ4v) is 4.88. The molecule has 1 atom stereocenters. The van der Waals surface area contributed by atoms with Crippen LogP contribution in [0.3, 0.4) is 0 Å². The van der Waals surface area contributed by atoms with Crippen LogP contribution in [0.5, 0.6) is 5.75 Å². The Bertz CT molecular complexity index is 1020. The van der Waals surface area contributed by atoms with Crippen molar-refractivity contribution in [2.75, 3.05) is 50.6 Å². The summed E-state index contributed by atoms with van der Waals surface area (Å²) in [6, 6.07) is 11.5. The smallest absolute Gasteiger partial charge is 0.313 e. The van der Waals surface area contributed by atoms with E-state index in [2.05, 4.69) is 45.7 Å². The van der Waals surface area contributed by atoms with Crippen molar-refractivity contribution in [3.05, 3.63) is 52.5 Å². The summed E-state index contributed by atoms with van der Waals surface area (Å²) in [5.41, 5.74) is 4.16. The summed E-state index contributed by atoms with van der Waals surface area (Å²) in [4.78, 5) is 29.9. The predicted molar refractivity (Wildman–Crippen MR) is 131 cm³/mol. The summed E-state index contributed by atoms with van der Waals surface area (Å²) in [6.07, 6.45) is 4.55. The first-order valence-corrected chi connectivity index (χ1v) is 11.8. The number of carbonyl (C=O) groups excluding carboxylic acids is 2. The van der Waals surface area contributed by atoms with E-state index in [1.807, 2.05) is 0 Å². The summed E-state index contributed by atoms with van der Waals surface area (Å²) in [5.74, 6) is -0.988. The van der Waals surface area contributed by atoms with Crippen LogP contribution in [-0.4, -0.2) is 57.1 Å². The maximum atomic E-state index is 12.7. The number of fused-ring (bicyclic) bond motifs is 1. The van der Waals surface area contributed by atoms with Gasteiger partial charge in [-0.3, -0.25) is 14.5 Å². The molecule has 2 aliphatic heterocycles. The van der Waals surface area contributed by atoms with E-state index in [4.69, 9.17) is 16.3 Å². The Morgan fingerprint density at radius 2 is 1.85 bits per heavy atom. The van der Waals surface area contributed by atoms with Gasteiger partial charge in [0.1, 0.15) is 5.75 Å². The molecule has 0 saturated carbocycles. The zero-order valence-electron chi connectivity index (χ0n) is 19.2. The highest BCUT2D eigenvalue weighted by Crippen LogP contribution is 2.32. The molecule has 1 unspecified atom stereocenters. The molecule has 0 bridgehead atoms. The maximum Gasteiger partial charge on any atom is 0.313 e. The monoisotopic (exact) mass is 470 g/mol. The van der Waals surface area contributed by atoms with Gasteiger partial charge in [0.05, 0.1) is 18.8 Å². The number of rotatable bonds is 6. The minimum atomic E-state index is -0.747. The largest absolute Gasteiger partial charge is 0.495 e. The van der Waals surface area contributed by atoms with Gasteiger partial charge >= 0.3 is 11.8 Å². The zero-order chi connectivity index (χ0) is 23.4. The van der Waals surface area contributed by atoms with Gasteiger partial charge in [0.15, 0.2) is 0 Å². The van der Waals surface area contributed by atoms with E-state index in [1.165, 1.54) is 30.3 Å². The van der Waals surface area contributed by atoms with E-state index in [1.54, 1.807) is 18.2 Å². The predicted octanol–water partition coefficient (Wildman–Crippen LogP) is 3.62. The van der Waals surface area contributed by atoms with Crippen molar-refractivity contribution in [3.63, 3.8) is 0 Å². The number of nitrogens with one attached hydrogen (secondary N) is 2. The number of likely N-dealkylation sites (N-methyl/N-ethyl adjacent to an activating group) is 1. The molecule has 2 N–H and O–H groups in total. The van der Waals surface area contributed by atoms with Crippen molar-refractivity contribution in [3.8, 4) is 5.75 Å². The second-order valence-corrected chi connectivity index (χ2v) is 9.12. The Morgan fingerprint density at radius 3 is 2.61 bits per heavy atom. The lowest BCUT2D eigenvalue weighted by Crippen LogP contribution is -2.43. The highest BCUT2D eigenvalue weighted by molar-refractivity contribution is 6.40. The van der Waals surface area contributed by atoms with Crippen LogP contribution in [-0.2, 0) is 16.0 Å². The highest BCUT2D eigenvalue weighted by Gasteiger charge is 2.26. The SMILES string of the molecule is COc1ccc(Cl)cc1NC(=O)C(=O)NCC(c1ccc2c(c1)CCN2C)N1CCCCC1. The number of amides is 2. The average Bonchev–Trinajstić information content (AvgIpc) is 3.20. The Hall–Kier alpha value is -2.77. The van der Waals surface area contributed by atoms with Gasteiger partial charge in [-0.2, -0.15) is 0 Å². The van der Waals surface area contributed by atoms with E-state index in [0.29, 0.717) is 23.0 Å². The van der Waals surface area contributed by atoms with Gasteiger partial charge in [0.2, 0.25) is 0 Å². The molecule has 33 heavy (non-hydrogen) atoms. The molecule has 2 amide bonds. The number of ether oxygens (including phenoxy) is 1. The van der Waals surface area contributed by atoms with Crippen molar-refractivity contribution < 1.29 is 14.3 Å². The van der Waals surface area contributed by atoms with E-state index in [0.717, 1.165) is 38.9 Å². The van der Waals surface area contributed by atoms with Crippen LogP contribution in [0.1, 0.15) is 36.4 Å². The van der Waals surface area contributed by atoms with Gasteiger partial charge in [-0.25, -0.2) is 0 Å². The van der Waals surface area contributed by atoms with Gasteiger partial charge in [0, 0.05) is 30.8 Å². The third-order valence-corrected chi connectivity index (χ3v) is 6.75. The van der Waals surface area contributed by atoms with Crippen molar-refractivity contribution >= 4 is 34.8 Å². The third kappa shape index (κ3) is 5.42. The molecule has 2 aromatic carbocycles. The standard InChI is InChI=1S/C25H31ClN4O3/c1-29-13-10-18-14-17(6-8-21(18)29)22(30-11-4-3-5-12-30)16-27-24(31)25(32)28-20-15-19(26)7-9-23(20)33-2/h6-9,14-15,22H,3-5,10-13,16H2,1-2H3,(H,27,31)(H,28,32). The van der Waals surface area contributed by atoms with Crippen molar-refractivity contribution in [1.29, 1.82) is 0 Å². The number of methoxy groups -OCH3 is 1. The number of hydrogen-bond donors (Lipinski definition) is 2. The fraction of sp³-hybridized carbons (Fsp3) is 0.440. The second kappa shape index (κ2) is 10.4. The van der Waals surface area contributed by atoms with Crippen molar-refractivity contribution in [2.45, 2.75) is 31.7 Å². The summed E-state index contributed by atoms with van der Waals surface area (Å²) in [6.45, 7) is 3.37. The third-order valence-electron chi connectivity index (χ3n) is 6.52. The molecule has 8 heteroatoms. The molecule has 1 saturated heterocycles. The quantitative estimate of drug-likeness (QED) is 0.631. The van der Waals surface area contributed by atoms with Crippen molar-refractivity contribution in [1.82, 2.24) is 10.2 Å². The number of nitrogens with zero attached hydrogens (tertiary/aromatic N) is 2. The Labute approximate surface area is 200 Å². The maximum absolute atomic E-state index is 12.7. The minimum absolute atomic E-state index is 0.0268. The zero-order valence-corrected chi connectivity index (χ0v) is 20.0. The van der Waals surface area contributed by atoms with Crippen LogP contribution in [0.2, 0.25) is 5.02 Å². The number of halogens is 1. The van der Waals surface area contributed by atoms with E-state index in [9.17, 15) is 9.59 Å². The summed E-state index contributed by atoms with van der Waals surface area (Å²) < 4.78 is 5.25. The van der Waals surface area contributed by atoms with E-state index >= 15 is 0 Å². The molecule has 4 rings (SSSR count). The first-order chi connectivity index (χ1) is 16.0. The summed E-state index contributed by atoms with van der Waals surface area (Å²) >= 11 is 6.03. The first kappa shape index (κ1) is 23.4. The molecule has 2 aromatic rings. The van der Waals surface area contributed by atoms with Gasteiger partial charge < -0.3 is 20.3 Å². The molecule has 0 aliphatic carbocycles. The van der Waals surface area contributed by atoms with Crippen LogP contribution in [0.25, 0.3) is 0 Å². The summed E-state index contributed by atoms with van der Waals surface area (Å²) in [7, 11) is 3.61. The Balaban J connectivity index is 1.46. The number of anilines is 2. The number of benzene rings is 2. The van der Waals surface area contributed by atoms with Crippen LogP contribution in [0, 0.1) is 0 Å². The van der Waals surface area contributed by atoms with Crippen LogP contribution >= 0.6 is 11.6 Å². The van der Waals surface area contributed by atoms with E-state index < -0.39 is 11.8 Å². The molecule has 2 aliphatic rings. The number of likely N-dealkylation sites (tertiary alicyclic amines) is 1. The Morgan fingerprint density at radius 1 is 1.06 bits per heavy atom. The molecule has 0 spiro atoms.